The standard InChI is InChI=1S/C35H41NO12/c1-36(2)31(40)27-28(19-9-7-6-8-10-19)35(20-11-13-21(42-3)14-12-20)34(41,30(27)39)29-24(43-4)15-22(16-25(29)48-35)46-33-32(44-5)45-18-26(47-33)23(38)17-37/h6-16,23,26-28,30,32-33,37-39,41H,17-18H2,1-5H3/t23-,26-,27+,28+,30-,32-,33-,34+,35+/m1/s1. The van der Waals surface area contributed by atoms with Crippen molar-refractivity contribution in [3.63, 3.8) is 0 Å². The second kappa shape index (κ2) is 13.2. The molecule has 9 atom stereocenters. The van der Waals surface area contributed by atoms with Gasteiger partial charge in [-0.2, -0.15) is 0 Å². The molecule has 4 N–H and O–H groups in total. The first-order valence-corrected chi connectivity index (χ1v) is 15.5. The number of carbonyl (C=O) groups excluding carboxylic acids is 1. The van der Waals surface area contributed by atoms with Gasteiger partial charge in [-0.3, -0.25) is 4.79 Å². The van der Waals surface area contributed by atoms with Crippen LogP contribution in [0.5, 0.6) is 23.0 Å². The molecule has 1 saturated carbocycles. The Morgan fingerprint density at radius 1 is 1.00 bits per heavy atom. The highest BCUT2D eigenvalue weighted by molar-refractivity contribution is 5.83. The predicted octanol–water partition coefficient (Wildman–Crippen LogP) is 1.49. The smallest absolute Gasteiger partial charge is 0.251 e. The molecule has 1 aliphatic carbocycles. The lowest BCUT2D eigenvalue weighted by Crippen LogP contribution is -2.52. The van der Waals surface area contributed by atoms with E-state index in [1.165, 1.54) is 38.4 Å². The van der Waals surface area contributed by atoms with Crippen molar-refractivity contribution in [3.05, 3.63) is 83.4 Å². The topological polar surface area (TPSA) is 166 Å². The van der Waals surface area contributed by atoms with Crippen LogP contribution in [-0.2, 0) is 30.2 Å². The lowest BCUT2D eigenvalue weighted by atomic mass is 9.70. The van der Waals surface area contributed by atoms with Gasteiger partial charge in [-0.1, -0.05) is 42.5 Å². The van der Waals surface area contributed by atoms with Crippen molar-refractivity contribution in [2.75, 3.05) is 48.6 Å². The molecule has 258 valence electrons. The van der Waals surface area contributed by atoms with Crippen molar-refractivity contribution in [1.82, 2.24) is 4.90 Å². The molecule has 2 fully saturated rings. The van der Waals surface area contributed by atoms with Crippen molar-refractivity contribution in [3.8, 4) is 23.0 Å². The lowest BCUT2D eigenvalue weighted by molar-refractivity contribution is -0.324. The number of hydrogen-bond donors (Lipinski definition) is 4. The fraction of sp³-hybridized carbons (Fsp3) is 0.457. The van der Waals surface area contributed by atoms with E-state index < -0.39 is 66.4 Å². The van der Waals surface area contributed by atoms with Gasteiger partial charge in [0.2, 0.25) is 12.2 Å². The number of carbonyl (C=O) groups is 1. The Balaban J connectivity index is 1.53. The summed E-state index contributed by atoms with van der Waals surface area (Å²) in [5.74, 6) is -1.44. The van der Waals surface area contributed by atoms with Crippen LogP contribution in [0.2, 0.25) is 0 Å². The first-order chi connectivity index (χ1) is 23.0. The van der Waals surface area contributed by atoms with Crippen molar-refractivity contribution in [2.24, 2.45) is 5.92 Å². The summed E-state index contributed by atoms with van der Waals surface area (Å²) in [6.45, 7) is -0.590. The first kappa shape index (κ1) is 33.9. The predicted molar refractivity (Wildman–Crippen MR) is 169 cm³/mol. The number of aliphatic hydroxyl groups is 4. The van der Waals surface area contributed by atoms with Gasteiger partial charge in [-0.25, -0.2) is 0 Å². The molecule has 6 rings (SSSR count). The van der Waals surface area contributed by atoms with Gasteiger partial charge >= 0.3 is 0 Å². The third kappa shape index (κ3) is 5.17. The van der Waals surface area contributed by atoms with Gasteiger partial charge in [-0.15, -0.1) is 0 Å². The minimum Gasteiger partial charge on any atom is -0.497 e. The van der Waals surface area contributed by atoms with E-state index in [-0.39, 0.29) is 29.4 Å². The second-order valence-corrected chi connectivity index (χ2v) is 12.3. The van der Waals surface area contributed by atoms with Crippen molar-refractivity contribution < 1.29 is 58.4 Å². The van der Waals surface area contributed by atoms with Crippen LogP contribution in [0.15, 0.2) is 66.7 Å². The number of aliphatic hydroxyl groups excluding tert-OH is 3. The number of benzene rings is 3. The molecular formula is C35H41NO12. The van der Waals surface area contributed by atoms with E-state index in [1.54, 1.807) is 38.4 Å². The maximum Gasteiger partial charge on any atom is 0.251 e. The summed E-state index contributed by atoms with van der Waals surface area (Å²) in [5, 5.41) is 45.0. The maximum atomic E-state index is 13.9. The first-order valence-electron chi connectivity index (χ1n) is 15.5. The number of nitrogens with zero attached hydrogens (tertiary/aromatic N) is 1. The second-order valence-electron chi connectivity index (χ2n) is 12.3. The Morgan fingerprint density at radius 2 is 1.71 bits per heavy atom. The molecule has 0 aromatic heterocycles. The van der Waals surface area contributed by atoms with Gasteiger partial charge < -0.3 is 58.5 Å². The van der Waals surface area contributed by atoms with Gasteiger partial charge in [-0.05, 0) is 23.3 Å². The molecular weight excluding hydrogens is 626 g/mol. The fourth-order valence-electron chi connectivity index (χ4n) is 7.29. The molecule has 48 heavy (non-hydrogen) atoms. The molecule has 0 bridgehead atoms. The molecule has 0 radical (unpaired) electrons. The van der Waals surface area contributed by atoms with Crippen LogP contribution in [0, 0.1) is 5.92 Å². The highest BCUT2D eigenvalue weighted by Gasteiger charge is 2.78. The van der Waals surface area contributed by atoms with Crippen LogP contribution < -0.4 is 18.9 Å². The van der Waals surface area contributed by atoms with E-state index in [2.05, 4.69) is 0 Å². The largest absolute Gasteiger partial charge is 0.497 e. The number of amides is 1. The quantitative estimate of drug-likeness (QED) is 0.247. The Kier molecular flexibility index (Phi) is 9.30. The summed E-state index contributed by atoms with van der Waals surface area (Å²) in [6, 6.07) is 19.1. The molecule has 1 saturated heterocycles. The summed E-state index contributed by atoms with van der Waals surface area (Å²) < 4.78 is 41.3. The highest BCUT2D eigenvalue weighted by Crippen LogP contribution is 2.70. The van der Waals surface area contributed by atoms with Gasteiger partial charge in [0.1, 0.15) is 41.3 Å². The summed E-state index contributed by atoms with van der Waals surface area (Å²) in [4.78, 5) is 15.3. The van der Waals surface area contributed by atoms with E-state index in [0.717, 1.165) is 0 Å². The molecule has 3 aliphatic rings. The van der Waals surface area contributed by atoms with Crippen molar-refractivity contribution >= 4 is 5.91 Å². The SMILES string of the molecule is COc1ccc([C@@]23Oc4cc(O[C@@H]5O[C@@H]([C@H](O)CO)CO[C@H]5OC)cc(OC)c4[C@]2(O)[C@H](O)[C@@H](C(=O)N(C)C)[C@@H]3c2ccccc2)cc1. The Bertz CT molecular complexity index is 1600. The highest BCUT2D eigenvalue weighted by atomic mass is 16.8. The molecule has 2 aliphatic heterocycles. The zero-order valence-corrected chi connectivity index (χ0v) is 27.3. The summed E-state index contributed by atoms with van der Waals surface area (Å²) in [5.41, 5.74) is -2.68. The summed E-state index contributed by atoms with van der Waals surface area (Å²) >= 11 is 0. The Morgan fingerprint density at radius 3 is 2.31 bits per heavy atom. The fourth-order valence-corrected chi connectivity index (χ4v) is 7.29. The third-order valence-corrected chi connectivity index (χ3v) is 9.50. The number of hydrogen-bond acceptors (Lipinski definition) is 12. The van der Waals surface area contributed by atoms with Crippen molar-refractivity contribution in [1.29, 1.82) is 0 Å². The Labute approximate surface area is 278 Å². The van der Waals surface area contributed by atoms with E-state index in [0.29, 0.717) is 16.9 Å². The van der Waals surface area contributed by atoms with Crippen LogP contribution in [0.3, 0.4) is 0 Å². The average molecular weight is 668 g/mol. The van der Waals surface area contributed by atoms with Gasteiger partial charge in [0.25, 0.3) is 6.29 Å². The normalized spacial score (nSPS) is 31.3. The molecule has 0 unspecified atom stereocenters. The Hall–Kier alpha value is -3.95. The van der Waals surface area contributed by atoms with Crippen molar-refractivity contribution in [2.45, 2.75) is 48.0 Å². The molecule has 3 aromatic carbocycles. The zero-order valence-electron chi connectivity index (χ0n) is 27.3. The maximum absolute atomic E-state index is 13.9. The van der Waals surface area contributed by atoms with Crippen LogP contribution in [0.1, 0.15) is 22.6 Å². The van der Waals surface area contributed by atoms with E-state index in [1.807, 2.05) is 30.3 Å². The van der Waals surface area contributed by atoms with Crippen LogP contribution in [0.25, 0.3) is 0 Å². The number of ether oxygens (including phenoxy) is 7. The van der Waals surface area contributed by atoms with Crippen LogP contribution >= 0.6 is 0 Å². The van der Waals surface area contributed by atoms with Crippen LogP contribution in [-0.4, -0.2) is 111 Å². The summed E-state index contributed by atoms with van der Waals surface area (Å²) in [7, 11) is 7.55. The lowest BCUT2D eigenvalue weighted by Gasteiger charge is -2.41. The molecule has 1 amide bonds. The minimum atomic E-state index is -2.21. The van der Waals surface area contributed by atoms with Gasteiger partial charge in [0.05, 0.1) is 38.9 Å². The monoisotopic (exact) mass is 667 g/mol. The zero-order chi connectivity index (χ0) is 34.4. The van der Waals surface area contributed by atoms with Gasteiger partial charge in [0.15, 0.2) is 11.2 Å². The minimum absolute atomic E-state index is 0.0419. The molecule has 2 heterocycles. The number of rotatable bonds is 10. The molecule has 0 spiro atoms. The van der Waals surface area contributed by atoms with Gasteiger partial charge in [0, 0.05) is 39.3 Å². The van der Waals surface area contributed by atoms with E-state index >= 15 is 0 Å². The average Bonchev–Trinajstić information content (AvgIpc) is 3.49. The van der Waals surface area contributed by atoms with E-state index in [4.69, 9.17) is 33.2 Å². The number of methoxy groups -OCH3 is 3. The van der Waals surface area contributed by atoms with Crippen LogP contribution in [0.4, 0.5) is 0 Å². The third-order valence-electron chi connectivity index (χ3n) is 9.50. The summed E-state index contributed by atoms with van der Waals surface area (Å²) in [6.07, 6.45) is -5.94. The molecule has 13 heteroatoms. The molecule has 13 nitrogen and oxygen atoms in total. The van der Waals surface area contributed by atoms with E-state index in [9.17, 15) is 25.2 Å². The number of fused-ring (bicyclic) bond motifs is 3. The molecule has 3 aromatic rings.